The van der Waals surface area contributed by atoms with Gasteiger partial charge in [0.15, 0.2) is 5.78 Å². The molecule has 2 heterocycles. The summed E-state index contributed by atoms with van der Waals surface area (Å²) >= 11 is 9.80. The average Bonchev–Trinajstić information content (AvgIpc) is 3.52. The highest BCUT2D eigenvalue weighted by molar-refractivity contribution is 8.16. The summed E-state index contributed by atoms with van der Waals surface area (Å²) in [6.45, 7) is 10.8. The third-order valence-corrected chi connectivity index (χ3v) is 9.40. The molecule has 0 aliphatic carbocycles. The molecule has 2 N–H and O–H groups in total. The predicted molar refractivity (Wildman–Crippen MR) is 169 cm³/mol. The Morgan fingerprint density at radius 3 is 2.45 bits per heavy atom. The molecule has 1 aromatic heterocycles. The predicted octanol–water partition coefficient (Wildman–Crippen LogP) is 5.16. The van der Waals surface area contributed by atoms with E-state index in [1.54, 1.807) is 30.0 Å². The molecule has 1 amide bonds. The quantitative estimate of drug-likeness (QED) is 0.249. The molecule has 40 heavy (non-hydrogen) atoms. The van der Waals surface area contributed by atoms with Crippen LogP contribution in [0.3, 0.4) is 0 Å². The topological polar surface area (TPSA) is 121 Å². The number of aldehydes is 2. The van der Waals surface area contributed by atoms with Gasteiger partial charge in [0.2, 0.25) is 5.91 Å². The Hall–Kier alpha value is -2.34. The fourth-order valence-corrected chi connectivity index (χ4v) is 6.84. The third-order valence-electron chi connectivity index (χ3n) is 6.21. The van der Waals surface area contributed by atoms with Crippen molar-refractivity contribution in [1.82, 2.24) is 15.2 Å². The van der Waals surface area contributed by atoms with Gasteiger partial charge in [0.1, 0.15) is 28.7 Å². The van der Waals surface area contributed by atoms with E-state index in [1.807, 2.05) is 40.9 Å². The number of aromatic nitrogens is 1. The molecular weight excluding hydrogens is 570 g/mol. The lowest BCUT2D eigenvalue weighted by molar-refractivity contribution is -0.132. The lowest BCUT2D eigenvalue weighted by Crippen LogP contribution is -2.37. The number of thiazole rings is 1. The number of carbonyl (C=O) groups excluding carboxylic acids is 4. The Morgan fingerprint density at radius 2 is 1.90 bits per heavy atom. The molecule has 0 saturated heterocycles. The van der Waals surface area contributed by atoms with Crippen molar-refractivity contribution in [3.63, 3.8) is 0 Å². The van der Waals surface area contributed by atoms with E-state index in [4.69, 9.17) is 21.6 Å². The summed E-state index contributed by atoms with van der Waals surface area (Å²) in [5, 5.41) is 8.76. The second-order valence-corrected chi connectivity index (χ2v) is 12.1. The fraction of sp³-hybridized carbons (Fsp3) is 0.571. The highest BCUT2D eigenvalue weighted by Crippen LogP contribution is 2.45. The van der Waals surface area contributed by atoms with E-state index >= 15 is 0 Å². The number of carbonyl (C=O) groups is 4. The smallest absolute Gasteiger partial charge is 0.223 e. The lowest BCUT2D eigenvalue weighted by Gasteiger charge is -2.27. The fourth-order valence-electron chi connectivity index (χ4n) is 4.04. The van der Waals surface area contributed by atoms with Gasteiger partial charge in [0.25, 0.3) is 0 Å². The van der Waals surface area contributed by atoms with Crippen LogP contribution >= 0.6 is 34.7 Å². The highest BCUT2D eigenvalue weighted by Gasteiger charge is 2.44. The number of rotatable bonds is 12. The lowest BCUT2D eigenvalue weighted by atomic mass is 9.93. The number of aliphatic imine (C=N–C) groups is 1. The normalized spacial score (nSPS) is 17.6. The first-order chi connectivity index (χ1) is 19.0. The van der Waals surface area contributed by atoms with Crippen LogP contribution < -0.4 is 10.6 Å². The maximum Gasteiger partial charge on any atom is 0.223 e. The number of ketones is 1. The first-order valence-electron chi connectivity index (χ1n) is 13.3. The van der Waals surface area contributed by atoms with Gasteiger partial charge in [-0.05, 0) is 58.8 Å². The first kappa shape index (κ1) is 35.7. The van der Waals surface area contributed by atoms with E-state index < -0.39 is 0 Å². The van der Waals surface area contributed by atoms with Crippen LogP contribution in [0.25, 0.3) is 10.2 Å². The SMILES string of the molecule is CC.CN(CC=O)C(=O)CCC=O.CNCCCC1(C)SC(c2nc3cc(NC)c(C)c(Cl)c3s2)=NC1C(C)=O. The summed E-state index contributed by atoms with van der Waals surface area (Å²) in [7, 11) is 5.35. The standard InChI is InChI=1S/C19H25ClN4OS2.C7H11NO3.C2H6/c1-10-12(22-5)9-13-15(14(10)20)26-17(23-13)18-24-16(11(2)25)19(3,27-18)7-6-8-21-4;1-8(4-6-10)7(11)3-2-5-9;1-2/h9,16,21-22H,6-8H2,1-5H3;5-6H,2-4H2,1H3;1-2H3. The van der Waals surface area contributed by atoms with Crippen molar-refractivity contribution in [3.05, 3.63) is 21.7 Å². The van der Waals surface area contributed by atoms with Crippen LogP contribution in [-0.4, -0.2) is 84.2 Å². The number of hydrogen-bond acceptors (Lipinski definition) is 10. The molecular formula is C28H42ClN5O4S2. The van der Waals surface area contributed by atoms with Crippen molar-refractivity contribution >= 4 is 79.9 Å². The minimum atomic E-state index is -0.327. The molecule has 1 aliphatic heterocycles. The van der Waals surface area contributed by atoms with Crippen LogP contribution in [0.4, 0.5) is 5.69 Å². The molecule has 9 nitrogen and oxygen atoms in total. The number of anilines is 1. The number of halogens is 1. The second-order valence-electron chi connectivity index (χ2n) is 9.20. The molecule has 0 radical (unpaired) electrons. The Morgan fingerprint density at radius 1 is 1.23 bits per heavy atom. The van der Waals surface area contributed by atoms with E-state index in [1.165, 1.54) is 11.9 Å². The number of amides is 1. The summed E-state index contributed by atoms with van der Waals surface area (Å²) in [5.74, 6) is -0.0684. The maximum atomic E-state index is 12.2. The molecule has 2 atom stereocenters. The molecule has 0 spiro atoms. The molecule has 222 valence electrons. The third kappa shape index (κ3) is 9.36. The number of hydrogen-bond donors (Lipinski definition) is 2. The van der Waals surface area contributed by atoms with Gasteiger partial charge in [-0.3, -0.25) is 14.6 Å². The van der Waals surface area contributed by atoms with E-state index in [0.717, 1.165) is 55.9 Å². The van der Waals surface area contributed by atoms with Gasteiger partial charge in [-0.15, -0.1) is 11.3 Å². The number of thioether (sulfide) groups is 1. The summed E-state index contributed by atoms with van der Waals surface area (Å²) in [5.41, 5.74) is 2.85. The van der Waals surface area contributed by atoms with Crippen molar-refractivity contribution < 1.29 is 19.2 Å². The number of nitrogens with one attached hydrogen (secondary N) is 2. The van der Waals surface area contributed by atoms with Gasteiger partial charge in [0.05, 0.1) is 21.8 Å². The zero-order valence-electron chi connectivity index (χ0n) is 24.7. The van der Waals surface area contributed by atoms with Gasteiger partial charge in [-0.1, -0.05) is 37.2 Å². The van der Waals surface area contributed by atoms with E-state index in [9.17, 15) is 19.2 Å². The van der Waals surface area contributed by atoms with Gasteiger partial charge in [0, 0.05) is 37.4 Å². The molecule has 1 aromatic carbocycles. The first-order valence-corrected chi connectivity index (χ1v) is 15.3. The van der Waals surface area contributed by atoms with E-state index in [0.29, 0.717) is 12.6 Å². The van der Waals surface area contributed by atoms with E-state index in [2.05, 4.69) is 17.6 Å². The number of Topliss-reactive ketones (excluding diaryl/α,β-unsaturated/α-hetero) is 1. The van der Waals surface area contributed by atoms with Crippen LogP contribution in [-0.2, 0) is 19.2 Å². The van der Waals surface area contributed by atoms with Crippen LogP contribution in [0, 0.1) is 6.92 Å². The minimum Gasteiger partial charge on any atom is -0.388 e. The average molecular weight is 612 g/mol. The zero-order chi connectivity index (χ0) is 30.5. The second kappa shape index (κ2) is 17.5. The maximum absolute atomic E-state index is 12.2. The molecule has 3 rings (SSSR count). The Labute approximate surface area is 250 Å². The van der Waals surface area contributed by atoms with Crippen LogP contribution in [0.15, 0.2) is 11.1 Å². The van der Waals surface area contributed by atoms with Crippen molar-refractivity contribution in [2.75, 3.05) is 39.5 Å². The molecule has 1 aliphatic rings. The van der Waals surface area contributed by atoms with Crippen LogP contribution in [0.2, 0.25) is 5.02 Å². The van der Waals surface area contributed by atoms with Crippen molar-refractivity contribution in [1.29, 1.82) is 0 Å². The molecule has 0 bridgehead atoms. The van der Waals surface area contributed by atoms with Crippen LogP contribution in [0.5, 0.6) is 0 Å². The molecule has 12 heteroatoms. The zero-order valence-corrected chi connectivity index (χ0v) is 27.1. The van der Waals surface area contributed by atoms with Crippen molar-refractivity contribution in [2.45, 2.75) is 71.1 Å². The highest BCUT2D eigenvalue weighted by atomic mass is 35.5. The number of benzene rings is 1. The van der Waals surface area contributed by atoms with Gasteiger partial charge in [-0.2, -0.15) is 0 Å². The molecule has 0 fully saturated rings. The largest absolute Gasteiger partial charge is 0.388 e. The molecule has 0 saturated carbocycles. The van der Waals surface area contributed by atoms with Gasteiger partial charge in [-0.25, -0.2) is 4.98 Å². The Bertz CT molecular complexity index is 1200. The van der Waals surface area contributed by atoms with Crippen LogP contribution in [0.1, 0.15) is 63.9 Å². The monoisotopic (exact) mass is 611 g/mol. The molecule has 2 aromatic rings. The van der Waals surface area contributed by atoms with Crippen molar-refractivity contribution in [3.8, 4) is 0 Å². The molecule has 2 unspecified atom stereocenters. The summed E-state index contributed by atoms with van der Waals surface area (Å²) < 4.78 is 0.737. The summed E-state index contributed by atoms with van der Waals surface area (Å²) in [6.07, 6.45) is 3.68. The Balaban J connectivity index is 0.000000520. The summed E-state index contributed by atoms with van der Waals surface area (Å²) in [6, 6.07) is 1.69. The summed E-state index contributed by atoms with van der Waals surface area (Å²) in [4.78, 5) is 53.8. The number of fused-ring (bicyclic) bond motifs is 1. The van der Waals surface area contributed by atoms with Crippen molar-refractivity contribution in [2.24, 2.45) is 4.99 Å². The van der Waals surface area contributed by atoms with E-state index in [-0.39, 0.29) is 41.9 Å². The van der Waals surface area contributed by atoms with Gasteiger partial charge < -0.3 is 25.1 Å². The van der Waals surface area contributed by atoms with Gasteiger partial charge >= 0.3 is 0 Å². The number of nitrogens with zero attached hydrogens (tertiary/aromatic N) is 3. The number of likely N-dealkylation sites (N-methyl/N-ethyl adjacent to an activating group) is 1. The Kier molecular flexibility index (Phi) is 15.6. The minimum absolute atomic E-state index is 0.0949.